The highest BCUT2D eigenvalue weighted by Crippen LogP contribution is 2.35. The summed E-state index contributed by atoms with van der Waals surface area (Å²) < 4.78 is 11.7. The second-order valence-corrected chi connectivity index (χ2v) is 8.69. The second-order valence-electron chi connectivity index (χ2n) is 7.64. The zero-order chi connectivity index (χ0) is 22.9. The van der Waals surface area contributed by atoms with Gasteiger partial charge in [-0.2, -0.15) is 0 Å². The van der Waals surface area contributed by atoms with E-state index < -0.39 is 6.10 Å². The van der Waals surface area contributed by atoms with Gasteiger partial charge in [-0.3, -0.25) is 9.59 Å². The van der Waals surface area contributed by atoms with Gasteiger partial charge in [-0.05, 0) is 48.0 Å². The maximum atomic E-state index is 12.8. The van der Waals surface area contributed by atoms with E-state index in [0.717, 1.165) is 21.9 Å². The number of amides is 1. The van der Waals surface area contributed by atoms with Crippen LogP contribution < -0.4 is 25.2 Å². The number of likely N-dealkylation sites (N-methyl/N-ethyl adjacent to an activating group) is 1. The highest BCUT2D eigenvalue weighted by molar-refractivity contribution is 7.22. The molecule has 4 aromatic rings. The van der Waals surface area contributed by atoms with Crippen molar-refractivity contribution in [3.63, 3.8) is 0 Å². The van der Waals surface area contributed by atoms with E-state index >= 15 is 0 Å². The van der Waals surface area contributed by atoms with Crippen LogP contribution >= 0.6 is 11.3 Å². The van der Waals surface area contributed by atoms with Crippen LogP contribution in [0.3, 0.4) is 0 Å². The van der Waals surface area contributed by atoms with Crippen LogP contribution in [0.5, 0.6) is 11.5 Å². The quantitative estimate of drug-likeness (QED) is 0.473. The molecule has 33 heavy (non-hydrogen) atoms. The average molecular weight is 463 g/mol. The number of methoxy groups -OCH3 is 1. The molecular weight excluding hydrogens is 440 g/mol. The van der Waals surface area contributed by atoms with E-state index in [9.17, 15) is 9.59 Å². The number of hydrogen-bond acceptors (Lipinski definition) is 7. The third kappa shape index (κ3) is 4.03. The first-order valence-electron chi connectivity index (χ1n) is 10.4. The highest BCUT2D eigenvalue weighted by atomic mass is 32.1. The Labute approximate surface area is 193 Å². The minimum absolute atomic E-state index is 0.177. The normalized spacial score (nSPS) is 15.1. The lowest BCUT2D eigenvalue weighted by atomic mass is 10.1. The Hall–Kier alpha value is -3.85. The van der Waals surface area contributed by atoms with Gasteiger partial charge in [0.15, 0.2) is 6.10 Å². The summed E-state index contributed by atoms with van der Waals surface area (Å²) in [4.78, 5) is 35.7. The number of thiophene rings is 1. The number of aromatic nitrogens is 2. The Morgan fingerprint density at radius 1 is 1.27 bits per heavy atom. The number of hydrogen-bond donors (Lipinski definition) is 2. The molecule has 0 saturated heterocycles. The fourth-order valence-electron chi connectivity index (χ4n) is 3.90. The number of rotatable bonds is 5. The molecule has 1 unspecified atom stereocenters. The number of para-hydroxylation sites is 2. The molecular formula is C24H22N4O4S. The van der Waals surface area contributed by atoms with Crippen LogP contribution in [-0.4, -0.2) is 42.7 Å². The molecule has 0 aliphatic carbocycles. The van der Waals surface area contributed by atoms with Crippen LogP contribution in [0.2, 0.25) is 0 Å². The predicted octanol–water partition coefficient (Wildman–Crippen LogP) is 3.17. The van der Waals surface area contributed by atoms with Crippen molar-refractivity contribution in [2.75, 3.05) is 25.6 Å². The largest absolute Gasteiger partial charge is 0.497 e. The number of nitrogens with one attached hydrogen (secondary N) is 2. The highest BCUT2D eigenvalue weighted by Gasteiger charge is 2.30. The van der Waals surface area contributed by atoms with Gasteiger partial charge in [0.25, 0.3) is 11.5 Å². The van der Waals surface area contributed by atoms with Crippen molar-refractivity contribution in [1.82, 2.24) is 15.3 Å². The minimum Gasteiger partial charge on any atom is -0.497 e. The fourth-order valence-corrected chi connectivity index (χ4v) is 4.89. The molecule has 0 fully saturated rings. The molecule has 0 radical (unpaired) electrons. The zero-order valence-electron chi connectivity index (χ0n) is 18.1. The molecule has 1 atom stereocenters. The Bertz CT molecular complexity index is 1380. The average Bonchev–Trinajstić information content (AvgIpc) is 3.28. The number of benzene rings is 2. The van der Waals surface area contributed by atoms with Crippen molar-refractivity contribution in [3.05, 3.63) is 70.8 Å². The molecule has 5 rings (SSSR count). The summed E-state index contributed by atoms with van der Waals surface area (Å²) >= 11 is 1.41. The Kier molecular flexibility index (Phi) is 5.47. The van der Waals surface area contributed by atoms with Crippen LogP contribution in [0, 0.1) is 0 Å². The topological polar surface area (TPSA) is 96.5 Å². The summed E-state index contributed by atoms with van der Waals surface area (Å²) in [7, 11) is 3.21. The lowest BCUT2D eigenvalue weighted by molar-refractivity contribution is -0.127. The van der Waals surface area contributed by atoms with E-state index in [0.29, 0.717) is 34.9 Å². The number of ether oxygens (including phenoxy) is 2. The first-order valence-corrected chi connectivity index (χ1v) is 11.3. The van der Waals surface area contributed by atoms with E-state index in [1.165, 1.54) is 11.3 Å². The van der Waals surface area contributed by atoms with Gasteiger partial charge in [0.1, 0.15) is 22.0 Å². The molecule has 8 nitrogen and oxygen atoms in total. The maximum Gasteiger partial charge on any atom is 0.268 e. The number of aromatic amines is 1. The van der Waals surface area contributed by atoms with Gasteiger partial charge in [-0.25, -0.2) is 4.98 Å². The molecule has 2 aromatic carbocycles. The van der Waals surface area contributed by atoms with Crippen molar-refractivity contribution in [2.24, 2.45) is 0 Å². The molecule has 1 aliphatic rings. The molecule has 2 aromatic heterocycles. The Balaban J connectivity index is 1.47. The third-order valence-electron chi connectivity index (χ3n) is 5.55. The summed E-state index contributed by atoms with van der Waals surface area (Å²) in [6.07, 6.45) is -0.650. The predicted molar refractivity (Wildman–Crippen MR) is 128 cm³/mol. The lowest BCUT2D eigenvalue weighted by Crippen LogP contribution is -2.48. The first-order chi connectivity index (χ1) is 16.1. The van der Waals surface area contributed by atoms with Gasteiger partial charge in [0.05, 0.1) is 31.4 Å². The molecule has 2 N–H and O–H groups in total. The third-order valence-corrected chi connectivity index (χ3v) is 6.72. The summed E-state index contributed by atoms with van der Waals surface area (Å²) in [6, 6.07) is 17.2. The van der Waals surface area contributed by atoms with Gasteiger partial charge in [-0.15, -0.1) is 11.3 Å². The molecule has 3 heterocycles. The van der Waals surface area contributed by atoms with E-state index in [1.807, 2.05) is 59.5 Å². The molecule has 168 valence electrons. The Morgan fingerprint density at radius 3 is 2.82 bits per heavy atom. The zero-order valence-corrected chi connectivity index (χ0v) is 18.9. The standard InChI is InChI=1S/C24H22N4O4S/c1-25-23(29)19-12-28(17-5-3-4-6-18(17)32-19)13-21-26-16-11-20(33-22(16)24(30)27-21)14-7-9-15(31-2)10-8-14/h3-11,19H,12-13H2,1-2H3,(H,25,29)(H,26,27,30). The molecule has 0 spiro atoms. The first kappa shape index (κ1) is 21.0. The molecule has 1 aliphatic heterocycles. The van der Waals surface area contributed by atoms with E-state index in [-0.39, 0.29) is 11.5 Å². The summed E-state index contributed by atoms with van der Waals surface area (Å²) in [6.45, 7) is 0.686. The minimum atomic E-state index is -0.650. The lowest BCUT2D eigenvalue weighted by Gasteiger charge is -2.35. The summed E-state index contributed by atoms with van der Waals surface area (Å²) in [5.41, 5.74) is 2.32. The van der Waals surface area contributed by atoms with Crippen molar-refractivity contribution in [1.29, 1.82) is 0 Å². The van der Waals surface area contributed by atoms with E-state index in [4.69, 9.17) is 14.5 Å². The number of carbonyl (C=O) groups excluding carboxylic acids is 1. The number of nitrogens with zero attached hydrogens (tertiary/aromatic N) is 2. The summed E-state index contributed by atoms with van der Waals surface area (Å²) in [5.74, 6) is 1.73. The maximum absolute atomic E-state index is 12.8. The van der Waals surface area contributed by atoms with Crippen LogP contribution in [0.25, 0.3) is 20.7 Å². The van der Waals surface area contributed by atoms with Crippen LogP contribution in [0.15, 0.2) is 59.4 Å². The number of H-pyrrole nitrogens is 1. The number of carbonyl (C=O) groups is 1. The van der Waals surface area contributed by atoms with Gasteiger partial charge in [-0.1, -0.05) is 12.1 Å². The van der Waals surface area contributed by atoms with Gasteiger partial charge in [0, 0.05) is 11.9 Å². The molecule has 0 bridgehead atoms. The van der Waals surface area contributed by atoms with Crippen LogP contribution in [0.4, 0.5) is 5.69 Å². The van der Waals surface area contributed by atoms with Crippen molar-refractivity contribution in [3.8, 4) is 21.9 Å². The fraction of sp³-hybridized carbons (Fsp3) is 0.208. The number of fused-ring (bicyclic) bond motifs is 2. The Morgan fingerprint density at radius 2 is 2.06 bits per heavy atom. The SMILES string of the molecule is CNC(=O)C1CN(Cc2nc3cc(-c4ccc(OC)cc4)sc3c(=O)[nH]2)c2ccccc2O1. The van der Waals surface area contributed by atoms with Gasteiger partial charge >= 0.3 is 0 Å². The van der Waals surface area contributed by atoms with Crippen LogP contribution in [0.1, 0.15) is 5.82 Å². The molecule has 0 saturated carbocycles. The van der Waals surface area contributed by atoms with Crippen molar-refractivity contribution >= 4 is 33.1 Å². The monoisotopic (exact) mass is 462 g/mol. The summed E-state index contributed by atoms with van der Waals surface area (Å²) in [5, 5.41) is 2.64. The van der Waals surface area contributed by atoms with E-state index in [1.54, 1.807) is 14.2 Å². The van der Waals surface area contributed by atoms with Crippen molar-refractivity contribution in [2.45, 2.75) is 12.6 Å². The van der Waals surface area contributed by atoms with E-state index in [2.05, 4.69) is 10.3 Å². The van der Waals surface area contributed by atoms with Gasteiger partial charge in [0.2, 0.25) is 0 Å². The second kappa shape index (κ2) is 8.59. The smallest absolute Gasteiger partial charge is 0.268 e. The molecule has 9 heteroatoms. The van der Waals surface area contributed by atoms with Gasteiger partial charge < -0.3 is 24.7 Å². The molecule has 1 amide bonds. The number of anilines is 1. The van der Waals surface area contributed by atoms with Crippen LogP contribution in [-0.2, 0) is 11.3 Å². The van der Waals surface area contributed by atoms with Crippen molar-refractivity contribution < 1.29 is 14.3 Å².